The molecule has 3 rings (SSSR count). The second kappa shape index (κ2) is 8.59. The molecule has 2 aromatic carbocycles. The van der Waals surface area contributed by atoms with Crippen LogP contribution in [0.25, 0.3) is 0 Å². The molecule has 1 N–H and O–H groups in total. The highest BCUT2D eigenvalue weighted by molar-refractivity contribution is 6.33. The van der Waals surface area contributed by atoms with Gasteiger partial charge in [-0.25, -0.2) is 4.39 Å². The molecule has 0 aliphatic carbocycles. The minimum atomic E-state index is -0.432. The van der Waals surface area contributed by atoms with Crippen molar-refractivity contribution in [2.45, 2.75) is 13.0 Å². The number of hydrogen-bond acceptors (Lipinski definition) is 4. The van der Waals surface area contributed by atoms with Crippen LogP contribution in [-0.4, -0.2) is 50.1 Å². The van der Waals surface area contributed by atoms with Crippen molar-refractivity contribution in [1.29, 1.82) is 0 Å². The van der Waals surface area contributed by atoms with E-state index < -0.39 is 5.82 Å². The zero-order valence-corrected chi connectivity index (χ0v) is 16.2. The lowest BCUT2D eigenvalue weighted by Gasteiger charge is -2.38. The lowest BCUT2D eigenvalue weighted by atomic mass is 10.2. The average molecular weight is 392 g/mol. The van der Waals surface area contributed by atoms with Crippen molar-refractivity contribution in [1.82, 2.24) is 4.90 Å². The van der Waals surface area contributed by atoms with Gasteiger partial charge in [-0.3, -0.25) is 9.69 Å². The van der Waals surface area contributed by atoms with Crippen LogP contribution < -0.4 is 15.0 Å². The average Bonchev–Trinajstić information content (AvgIpc) is 2.69. The topological polar surface area (TPSA) is 44.8 Å². The third kappa shape index (κ3) is 4.51. The lowest BCUT2D eigenvalue weighted by molar-refractivity contribution is -0.120. The van der Waals surface area contributed by atoms with Crippen LogP contribution in [0.3, 0.4) is 0 Å². The molecule has 0 spiro atoms. The number of rotatable bonds is 5. The van der Waals surface area contributed by atoms with E-state index in [1.54, 1.807) is 7.11 Å². The van der Waals surface area contributed by atoms with Gasteiger partial charge in [-0.05, 0) is 37.3 Å². The van der Waals surface area contributed by atoms with Crippen LogP contribution in [0.1, 0.15) is 6.92 Å². The third-order valence-corrected chi connectivity index (χ3v) is 5.17. The van der Waals surface area contributed by atoms with Crippen LogP contribution >= 0.6 is 11.6 Å². The summed E-state index contributed by atoms with van der Waals surface area (Å²) in [6.07, 6.45) is 0. The van der Waals surface area contributed by atoms with Gasteiger partial charge in [0.15, 0.2) is 0 Å². The number of ether oxygens (including phenoxy) is 1. The number of nitrogens with zero attached hydrogens (tertiary/aromatic N) is 2. The number of anilines is 2. The van der Waals surface area contributed by atoms with Crippen LogP contribution in [0.15, 0.2) is 42.5 Å². The molecule has 1 saturated heterocycles. The van der Waals surface area contributed by atoms with E-state index in [-0.39, 0.29) is 17.0 Å². The summed E-state index contributed by atoms with van der Waals surface area (Å²) >= 11 is 5.99. The number of nitrogens with one attached hydrogen (secondary N) is 1. The van der Waals surface area contributed by atoms with Gasteiger partial charge in [0.2, 0.25) is 5.91 Å². The van der Waals surface area contributed by atoms with E-state index >= 15 is 0 Å². The highest BCUT2D eigenvalue weighted by Crippen LogP contribution is 2.29. The van der Waals surface area contributed by atoms with Crippen LogP contribution in [0.4, 0.5) is 15.8 Å². The number of amides is 1. The fraction of sp³-hybridized carbons (Fsp3) is 0.350. The van der Waals surface area contributed by atoms with Crippen molar-refractivity contribution >= 4 is 28.9 Å². The Morgan fingerprint density at radius 1 is 1.19 bits per heavy atom. The van der Waals surface area contributed by atoms with Gasteiger partial charge in [-0.1, -0.05) is 23.7 Å². The maximum atomic E-state index is 13.1. The van der Waals surface area contributed by atoms with Gasteiger partial charge in [0.05, 0.1) is 29.5 Å². The van der Waals surface area contributed by atoms with E-state index in [9.17, 15) is 9.18 Å². The molecule has 0 aromatic heterocycles. The SMILES string of the molecule is COc1ccccc1N1CCN(C(C)C(=O)Nc2ccc(F)cc2Cl)CC1. The van der Waals surface area contributed by atoms with Gasteiger partial charge < -0.3 is 15.0 Å². The first kappa shape index (κ1) is 19.5. The number of carbonyl (C=O) groups excluding carboxylic acids is 1. The summed E-state index contributed by atoms with van der Waals surface area (Å²) in [6, 6.07) is 11.6. The van der Waals surface area contributed by atoms with E-state index in [1.807, 2.05) is 31.2 Å². The van der Waals surface area contributed by atoms with Crippen molar-refractivity contribution in [2.24, 2.45) is 0 Å². The summed E-state index contributed by atoms with van der Waals surface area (Å²) in [7, 11) is 1.67. The smallest absolute Gasteiger partial charge is 0.241 e. The molecule has 0 bridgehead atoms. The molecule has 5 nitrogen and oxygen atoms in total. The van der Waals surface area contributed by atoms with Crippen molar-refractivity contribution in [3.05, 3.63) is 53.3 Å². The van der Waals surface area contributed by atoms with Crippen molar-refractivity contribution in [2.75, 3.05) is 43.5 Å². The number of methoxy groups -OCH3 is 1. The summed E-state index contributed by atoms with van der Waals surface area (Å²) in [5, 5.41) is 2.97. The standard InChI is InChI=1S/C20H23ClFN3O2/c1-14(20(26)23-17-8-7-15(22)13-16(17)21)24-9-11-25(12-10-24)18-5-3-4-6-19(18)27-2/h3-8,13-14H,9-12H2,1-2H3,(H,23,26). The van der Waals surface area contributed by atoms with Gasteiger partial charge >= 0.3 is 0 Å². The first-order valence-electron chi connectivity index (χ1n) is 8.87. The summed E-state index contributed by atoms with van der Waals surface area (Å²) in [5.74, 6) is 0.260. The van der Waals surface area contributed by atoms with Gasteiger partial charge in [0.25, 0.3) is 0 Å². The fourth-order valence-electron chi connectivity index (χ4n) is 3.23. The molecule has 0 radical (unpaired) electrons. The van der Waals surface area contributed by atoms with Crippen molar-refractivity contribution < 1.29 is 13.9 Å². The number of hydrogen-bond donors (Lipinski definition) is 1. The Morgan fingerprint density at radius 2 is 1.89 bits per heavy atom. The molecule has 1 fully saturated rings. The van der Waals surface area contributed by atoms with Crippen molar-refractivity contribution in [3.63, 3.8) is 0 Å². The van der Waals surface area contributed by atoms with Gasteiger partial charge in [-0.2, -0.15) is 0 Å². The van der Waals surface area contributed by atoms with Crippen LogP contribution in [0.5, 0.6) is 5.75 Å². The minimum Gasteiger partial charge on any atom is -0.495 e. The van der Waals surface area contributed by atoms with Crippen LogP contribution in [0.2, 0.25) is 5.02 Å². The molecule has 2 aromatic rings. The predicted molar refractivity (Wildman–Crippen MR) is 106 cm³/mol. The normalized spacial score (nSPS) is 16.1. The fourth-order valence-corrected chi connectivity index (χ4v) is 3.45. The highest BCUT2D eigenvalue weighted by atomic mass is 35.5. The Bertz CT molecular complexity index is 810. The third-order valence-electron chi connectivity index (χ3n) is 4.86. The summed E-state index contributed by atoms with van der Waals surface area (Å²) in [5.41, 5.74) is 1.48. The molecule has 0 saturated carbocycles. The zero-order valence-electron chi connectivity index (χ0n) is 15.4. The zero-order chi connectivity index (χ0) is 19.4. The highest BCUT2D eigenvalue weighted by Gasteiger charge is 2.27. The Kier molecular flexibility index (Phi) is 6.19. The molecule has 144 valence electrons. The minimum absolute atomic E-state index is 0.158. The maximum absolute atomic E-state index is 13.1. The Hall–Kier alpha value is -2.31. The summed E-state index contributed by atoms with van der Waals surface area (Å²) < 4.78 is 18.6. The number of piperazine rings is 1. The van der Waals surface area contributed by atoms with E-state index in [1.165, 1.54) is 18.2 Å². The Morgan fingerprint density at radius 3 is 2.56 bits per heavy atom. The number of para-hydroxylation sites is 2. The molecule has 1 aliphatic heterocycles. The lowest BCUT2D eigenvalue weighted by Crippen LogP contribution is -2.52. The van der Waals surface area contributed by atoms with E-state index in [4.69, 9.17) is 16.3 Å². The predicted octanol–water partition coefficient (Wildman–Crippen LogP) is 3.64. The molecule has 1 unspecified atom stereocenters. The molecule has 1 amide bonds. The first-order chi connectivity index (χ1) is 13.0. The first-order valence-corrected chi connectivity index (χ1v) is 9.25. The van der Waals surface area contributed by atoms with Crippen LogP contribution in [0, 0.1) is 5.82 Å². The van der Waals surface area contributed by atoms with Crippen molar-refractivity contribution in [3.8, 4) is 5.75 Å². The van der Waals surface area contributed by atoms with E-state index in [0.29, 0.717) is 5.69 Å². The Labute approximate surface area is 163 Å². The number of benzene rings is 2. The van der Waals surface area contributed by atoms with Crippen LogP contribution in [-0.2, 0) is 4.79 Å². The Balaban J connectivity index is 1.59. The van der Waals surface area contributed by atoms with Gasteiger partial charge in [-0.15, -0.1) is 0 Å². The molecule has 1 aliphatic rings. The summed E-state index contributed by atoms with van der Waals surface area (Å²) in [4.78, 5) is 16.9. The second-order valence-corrected chi connectivity index (χ2v) is 6.89. The molecular weight excluding hydrogens is 369 g/mol. The number of halogens is 2. The van der Waals surface area contributed by atoms with E-state index in [2.05, 4.69) is 15.1 Å². The summed E-state index contributed by atoms with van der Waals surface area (Å²) in [6.45, 7) is 4.98. The maximum Gasteiger partial charge on any atom is 0.241 e. The molecule has 1 heterocycles. The molecule has 7 heteroatoms. The molecule has 27 heavy (non-hydrogen) atoms. The second-order valence-electron chi connectivity index (χ2n) is 6.48. The monoisotopic (exact) mass is 391 g/mol. The van der Waals surface area contributed by atoms with Gasteiger partial charge in [0.1, 0.15) is 11.6 Å². The quantitative estimate of drug-likeness (QED) is 0.845. The molecular formula is C20H23ClFN3O2. The van der Waals surface area contributed by atoms with E-state index in [0.717, 1.165) is 37.6 Å². The molecule has 1 atom stereocenters. The van der Waals surface area contributed by atoms with Gasteiger partial charge in [0, 0.05) is 26.2 Å². The number of carbonyl (C=O) groups is 1. The largest absolute Gasteiger partial charge is 0.495 e.